The second-order valence-electron chi connectivity index (χ2n) is 5.09. The van der Waals surface area contributed by atoms with E-state index in [2.05, 4.69) is 10.6 Å². The first-order chi connectivity index (χ1) is 10.1. The van der Waals surface area contributed by atoms with Crippen molar-refractivity contribution in [1.29, 1.82) is 0 Å². The van der Waals surface area contributed by atoms with Crippen LogP contribution in [0.2, 0.25) is 0 Å². The first kappa shape index (κ1) is 18.9. The summed E-state index contributed by atoms with van der Waals surface area (Å²) in [6.07, 6.45) is 1.59. The highest BCUT2D eigenvalue weighted by atomic mass is 35.5. The minimum atomic E-state index is -0.349. The summed E-state index contributed by atoms with van der Waals surface area (Å²) in [6, 6.07) is 0. The van der Waals surface area contributed by atoms with Gasteiger partial charge in [-0.3, -0.25) is 4.79 Å². The first-order valence-electron chi connectivity index (χ1n) is 7.39. The maximum absolute atomic E-state index is 12.3. The Balaban J connectivity index is 0.00000242. The Morgan fingerprint density at radius 2 is 2.14 bits per heavy atom. The van der Waals surface area contributed by atoms with Gasteiger partial charge in [-0.05, 0) is 38.8 Å². The molecule has 5 nitrogen and oxygen atoms in total. The molecule has 0 radical (unpaired) electrons. The molecule has 1 amide bonds. The Morgan fingerprint density at radius 3 is 2.68 bits per heavy atom. The van der Waals surface area contributed by atoms with Crippen molar-refractivity contribution in [1.82, 2.24) is 5.32 Å². The lowest BCUT2D eigenvalue weighted by Gasteiger charge is -2.10. The Bertz CT molecular complexity index is 539. The van der Waals surface area contributed by atoms with Gasteiger partial charge in [0.25, 0.3) is 0 Å². The number of rotatable bonds is 5. The zero-order valence-electron chi connectivity index (χ0n) is 13.2. The molecule has 22 heavy (non-hydrogen) atoms. The van der Waals surface area contributed by atoms with E-state index in [1.165, 1.54) is 11.3 Å². The van der Waals surface area contributed by atoms with Crippen LogP contribution in [-0.4, -0.2) is 31.6 Å². The Kier molecular flexibility index (Phi) is 7.32. The van der Waals surface area contributed by atoms with Gasteiger partial charge in [-0.2, -0.15) is 0 Å². The fourth-order valence-corrected chi connectivity index (χ4v) is 3.74. The molecule has 2 heterocycles. The summed E-state index contributed by atoms with van der Waals surface area (Å²) in [4.78, 5) is 25.5. The summed E-state index contributed by atoms with van der Waals surface area (Å²) in [5.41, 5.74) is 1.50. The molecule has 1 aliphatic heterocycles. The van der Waals surface area contributed by atoms with Gasteiger partial charge in [-0.25, -0.2) is 4.79 Å². The van der Waals surface area contributed by atoms with Crippen LogP contribution < -0.4 is 10.6 Å². The minimum Gasteiger partial charge on any atom is -0.462 e. The highest BCUT2D eigenvalue weighted by molar-refractivity contribution is 7.16. The fraction of sp³-hybridized carbons (Fsp3) is 0.600. The zero-order valence-corrected chi connectivity index (χ0v) is 14.8. The molecule has 7 heteroatoms. The van der Waals surface area contributed by atoms with Crippen LogP contribution in [0, 0.1) is 12.8 Å². The molecule has 2 N–H and O–H groups in total. The van der Waals surface area contributed by atoms with E-state index in [4.69, 9.17) is 4.74 Å². The fourth-order valence-electron chi connectivity index (χ4n) is 2.60. The molecule has 1 aromatic rings. The molecule has 1 unspecified atom stereocenters. The molecule has 1 saturated heterocycles. The highest BCUT2D eigenvalue weighted by Crippen LogP contribution is 2.34. The van der Waals surface area contributed by atoms with E-state index in [1.807, 2.05) is 13.8 Å². The van der Waals surface area contributed by atoms with Gasteiger partial charge in [0, 0.05) is 11.4 Å². The number of carbonyl (C=O) groups excluding carboxylic acids is 2. The van der Waals surface area contributed by atoms with Crippen LogP contribution in [0.1, 0.15) is 41.1 Å². The van der Waals surface area contributed by atoms with E-state index in [0.717, 1.165) is 29.8 Å². The van der Waals surface area contributed by atoms with Gasteiger partial charge in [0.15, 0.2) is 0 Å². The lowest BCUT2D eigenvalue weighted by atomic mass is 10.1. The molecule has 0 spiro atoms. The summed E-state index contributed by atoms with van der Waals surface area (Å²) in [5.74, 6) is -0.388. The quantitative estimate of drug-likeness (QED) is 0.804. The molecule has 0 saturated carbocycles. The Labute approximate surface area is 141 Å². The monoisotopic (exact) mass is 346 g/mol. The second kappa shape index (κ2) is 8.50. The van der Waals surface area contributed by atoms with Crippen molar-refractivity contribution < 1.29 is 14.3 Å². The van der Waals surface area contributed by atoms with Crippen LogP contribution in [0.3, 0.4) is 0 Å². The number of hydrogen-bond donors (Lipinski definition) is 2. The first-order valence-corrected chi connectivity index (χ1v) is 8.21. The van der Waals surface area contributed by atoms with Crippen LogP contribution in [0.25, 0.3) is 0 Å². The number of thiophene rings is 1. The van der Waals surface area contributed by atoms with Gasteiger partial charge in [-0.1, -0.05) is 6.92 Å². The molecule has 2 rings (SSSR count). The van der Waals surface area contributed by atoms with Crippen molar-refractivity contribution in [3.05, 3.63) is 16.0 Å². The van der Waals surface area contributed by atoms with Crippen LogP contribution in [0.15, 0.2) is 0 Å². The van der Waals surface area contributed by atoms with Gasteiger partial charge in [0.2, 0.25) is 5.91 Å². The Hall–Kier alpha value is -1.11. The number of ether oxygens (including phenoxy) is 1. The number of nitrogens with one attached hydrogen (secondary N) is 2. The number of amides is 1. The molecule has 1 aromatic heterocycles. The molecule has 1 aliphatic rings. The van der Waals surface area contributed by atoms with E-state index >= 15 is 0 Å². The summed E-state index contributed by atoms with van der Waals surface area (Å²) < 4.78 is 5.14. The number of anilines is 1. The summed E-state index contributed by atoms with van der Waals surface area (Å²) in [7, 11) is 0. The third-order valence-corrected chi connectivity index (χ3v) is 4.77. The number of aryl methyl sites for hydroxylation is 1. The number of halogens is 1. The topological polar surface area (TPSA) is 67.4 Å². The van der Waals surface area contributed by atoms with E-state index in [9.17, 15) is 9.59 Å². The average Bonchev–Trinajstić information content (AvgIpc) is 3.06. The van der Waals surface area contributed by atoms with E-state index < -0.39 is 0 Å². The number of hydrogen-bond acceptors (Lipinski definition) is 5. The third kappa shape index (κ3) is 4.00. The van der Waals surface area contributed by atoms with Crippen LogP contribution >= 0.6 is 23.7 Å². The Morgan fingerprint density at radius 1 is 1.41 bits per heavy atom. The lowest BCUT2D eigenvalue weighted by molar-refractivity contribution is -0.119. The summed E-state index contributed by atoms with van der Waals surface area (Å²) in [5, 5.41) is 6.73. The summed E-state index contributed by atoms with van der Waals surface area (Å²) >= 11 is 1.45. The average molecular weight is 347 g/mol. The predicted molar refractivity (Wildman–Crippen MR) is 91.2 cm³/mol. The van der Waals surface area contributed by atoms with Gasteiger partial charge in [0.05, 0.1) is 18.1 Å². The molecule has 0 aliphatic carbocycles. The normalized spacial score (nSPS) is 17.0. The largest absolute Gasteiger partial charge is 0.462 e. The standard InChI is InChI=1S/C15H22N2O3S.ClH/c1-4-11-9(3)21-14(12(11)15(19)20-5-2)17-13(18)10-6-7-16-8-10;/h10,16H,4-8H2,1-3H3,(H,17,18);1H. The molecule has 1 atom stereocenters. The van der Waals surface area contributed by atoms with Crippen LogP contribution in [0.4, 0.5) is 5.00 Å². The minimum absolute atomic E-state index is 0. The van der Waals surface area contributed by atoms with Crippen molar-refractivity contribution in [2.75, 3.05) is 25.0 Å². The van der Waals surface area contributed by atoms with E-state index in [1.54, 1.807) is 6.92 Å². The van der Waals surface area contributed by atoms with Gasteiger partial charge < -0.3 is 15.4 Å². The zero-order chi connectivity index (χ0) is 15.4. The molecular formula is C15H23ClN2O3S. The third-order valence-electron chi connectivity index (χ3n) is 3.71. The van der Waals surface area contributed by atoms with Gasteiger partial charge in [0.1, 0.15) is 5.00 Å². The highest BCUT2D eigenvalue weighted by Gasteiger charge is 2.27. The van der Waals surface area contributed by atoms with Gasteiger partial charge >= 0.3 is 5.97 Å². The van der Waals surface area contributed by atoms with Crippen molar-refractivity contribution in [2.24, 2.45) is 5.92 Å². The molecule has 124 valence electrons. The van der Waals surface area contributed by atoms with Crippen LogP contribution in [-0.2, 0) is 16.0 Å². The molecular weight excluding hydrogens is 324 g/mol. The second-order valence-corrected chi connectivity index (χ2v) is 6.32. The maximum Gasteiger partial charge on any atom is 0.341 e. The van der Waals surface area contributed by atoms with Crippen molar-refractivity contribution in [3.8, 4) is 0 Å². The van der Waals surface area contributed by atoms with E-state index in [-0.39, 0.29) is 30.2 Å². The number of esters is 1. The summed E-state index contributed by atoms with van der Waals surface area (Å²) in [6.45, 7) is 7.66. The molecule has 0 bridgehead atoms. The van der Waals surface area contributed by atoms with Crippen molar-refractivity contribution in [2.45, 2.75) is 33.6 Å². The predicted octanol–water partition coefficient (Wildman–Crippen LogP) is 2.77. The smallest absolute Gasteiger partial charge is 0.341 e. The maximum atomic E-state index is 12.3. The van der Waals surface area contributed by atoms with Crippen LogP contribution in [0.5, 0.6) is 0 Å². The van der Waals surface area contributed by atoms with Gasteiger partial charge in [-0.15, -0.1) is 23.7 Å². The van der Waals surface area contributed by atoms with E-state index in [0.29, 0.717) is 23.7 Å². The number of carbonyl (C=O) groups is 2. The molecule has 1 fully saturated rings. The molecule has 0 aromatic carbocycles. The SMILES string of the molecule is CCOC(=O)c1c(NC(=O)C2CCNC2)sc(C)c1CC.Cl. The van der Waals surface area contributed by atoms with Crippen molar-refractivity contribution >= 4 is 40.6 Å². The van der Waals surface area contributed by atoms with Crippen molar-refractivity contribution in [3.63, 3.8) is 0 Å². The lowest BCUT2D eigenvalue weighted by Crippen LogP contribution is -2.25.